The van der Waals surface area contributed by atoms with Crippen LogP contribution in [0, 0.1) is 0 Å². The van der Waals surface area contributed by atoms with Gasteiger partial charge in [-0.25, -0.2) is 0 Å². The molecule has 5 heteroatoms. The molecule has 0 saturated heterocycles. The number of rotatable bonds is 6. The van der Waals surface area contributed by atoms with E-state index in [0.29, 0.717) is 22.3 Å². The molecule has 0 aliphatic carbocycles. The van der Waals surface area contributed by atoms with Gasteiger partial charge in [0, 0.05) is 12.1 Å². The largest absolute Gasteiger partial charge is 0.484 e. The second kappa shape index (κ2) is 7.87. The molecule has 1 N–H and O–H groups in total. The first-order valence-electron chi connectivity index (χ1n) is 8.61. The molecule has 0 aliphatic rings. The molecule has 3 aromatic rings. The van der Waals surface area contributed by atoms with Crippen LogP contribution >= 0.6 is 0 Å². The standard InChI is InChI=1S/C21H21NO4/c1-3-14(2)22-20(23)13-25-16-9-10-17-19(11-16)26-12-18(21(17)24)15-7-5-4-6-8-15/h4-12,14H,3,13H2,1-2H3,(H,22,23)/t14-/m0/s1. The van der Waals surface area contributed by atoms with Crippen molar-refractivity contribution in [3.8, 4) is 16.9 Å². The molecular weight excluding hydrogens is 330 g/mol. The summed E-state index contributed by atoms with van der Waals surface area (Å²) in [6.07, 6.45) is 2.32. The van der Waals surface area contributed by atoms with Gasteiger partial charge in [0.05, 0.1) is 10.9 Å². The minimum absolute atomic E-state index is 0.0812. The summed E-state index contributed by atoms with van der Waals surface area (Å²) in [4.78, 5) is 24.5. The van der Waals surface area contributed by atoms with Gasteiger partial charge in [-0.2, -0.15) is 0 Å². The van der Waals surface area contributed by atoms with Gasteiger partial charge in [-0.05, 0) is 31.0 Å². The first-order chi connectivity index (χ1) is 12.6. The molecule has 0 radical (unpaired) electrons. The first kappa shape index (κ1) is 17.7. The fourth-order valence-corrected chi connectivity index (χ4v) is 2.58. The quantitative estimate of drug-likeness (QED) is 0.734. The van der Waals surface area contributed by atoms with E-state index in [4.69, 9.17) is 9.15 Å². The minimum atomic E-state index is -0.180. The van der Waals surface area contributed by atoms with Gasteiger partial charge in [-0.15, -0.1) is 0 Å². The SMILES string of the molecule is CC[C@H](C)NC(=O)COc1ccc2c(=O)c(-c3ccccc3)coc2c1. The molecular formula is C21H21NO4. The molecule has 1 amide bonds. The Hall–Kier alpha value is -3.08. The van der Waals surface area contributed by atoms with Gasteiger partial charge in [0.15, 0.2) is 12.0 Å². The molecule has 0 aliphatic heterocycles. The van der Waals surface area contributed by atoms with Gasteiger partial charge in [0.1, 0.15) is 17.6 Å². The van der Waals surface area contributed by atoms with Crippen LogP contribution in [0.15, 0.2) is 64.0 Å². The molecule has 3 rings (SSSR count). The summed E-state index contributed by atoms with van der Waals surface area (Å²) in [6.45, 7) is 3.86. The van der Waals surface area contributed by atoms with Crippen LogP contribution < -0.4 is 15.5 Å². The van der Waals surface area contributed by atoms with E-state index in [0.717, 1.165) is 12.0 Å². The van der Waals surface area contributed by atoms with E-state index in [1.165, 1.54) is 6.26 Å². The van der Waals surface area contributed by atoms with Crippen molar-refractivity contribution in [1.29, 1.82) is 0 Å². The fraction of sp³-hybridized carbons (Fsp3) is 0.238. The van der Waals surface area contributed by atoms with E-state index in [-0.39, 0.29) is 24.0 Å². The highest BCUT2D eigenvalue weighted by Crippen LogP contribution is 2.23. The number of hydrogen-bond acceptors (Lipinski definition) is 4. The Labute approximate surface area is 151 Å². The van der Waals surface area contributed by atoms with Crippen LogP contribution in [-0.4, -0.2) is 18.6 Å². The van der Waals surface area contributed by atoms with Crippen LogP contribution in [0.4, 0.5) is 0 Å². The van der Waals surface area contributed by atoms with Crippen LogP contribution in [0.2, 0.25) is 0 Å². The van der Waals surface area contributed by atoms with E-state index in [2.05, 4.69) is 5.32 Å². The van der Waals surface area contributed by atoms with Crippen molar-refractivity contribution >= 4 is 16.9 Å². The number of carbonyl (C=O) groups is 1. The van der Waals surface area contributed by atoms with Gasteiger partial charge in [0.25, 0.3) is 5.91 Å². The van der Waals surface area contributed by atoms with Gasteiger partial charge in [0.2, 0.25) is 0 Å². The normalized spacial score (nSPS) is 11.9. The Kier molecular flexibility index (Phi) is 5.37. The van der Waals surface area contributed by atoms with E-state index in [1.807, 2.05) is 44.2 Å². The van der Waals surface area contributed by atoms with E-state index < -0.39 is 0 Å². The van der Waals surface area contributed by atoms with Gasteiger partial charge >= 0.3 is 0 Å². The predicted molar refractivity (Wildman–Crippen MR) is 101 cm³/mol. The van der Waals surface area contributed by atoms with Crippen molar-refractivity contribution in [2.75, 3.05) is 6.61 Å². The first-order valence-corrected chi connectivity index (χ1v) is 8.61. The molecule has 0 saturated carbocycles. The molecule has 1 aromatic heterocycles. The molecule has 0 unspecified atom stereocenters. The summed E-state index contributed by atoms with van der Waals surface area (Å²) in [5.74, 6) is 0.299. The zero-order chi connectivity index (χ0) is 18.5. The monoisotopic (exact) mass is 351 g/mol. The number of hydrogen-bond donors (Lipinski definition) is 1. The van der Waals surface area contributed by atoms with Crippen molar-refractivity contribution in [3.05, 3.63) is 65.0 Å². The lowest BCUT2D eigenvalue weighted by Gasteiger charge is -2.12. The molecule has 1 atom stereocenters. The lowest BCUT2D eigenvalue weighted by atomic mass is 10.1. The van der Waals surface area contributed by atoms with Gasteiger partial charge < -0.3 is 14.5 Å². The molecule has 134 valence electrons. The molecule has 0 fully saturated rings. The Bertz CT molecular complexity index is 963. The highest BCUT2D eigenvalue weighted by atomic mass is 16.5. The third-order valence-corrected chi connectivity index (χ3v) is 4.22. The Morgan fingerprint density at radius 2 is 1.96 bits per heavy atom. The summed E-state index contributed by atoms with van der Waals surface area (Å²) < 4.78 is 11.1. The zero-order valence-electron chi connectivity index (χ0n) is 14.8. The van der Waals surface area contributed by atoms with Crippen LogP contribution in [0.5, 0.6) is 5.75 Å². The number of fused-ring (bicyclic) bond motifs is 1. The lowest BCUT2D eigenvalue weighted by molar-refractivity contribution is -0.123. The number of ether oxygens (including phenoxy) is 1. The van der Waals surface area contributed by atoms with Crippen molar-refractivity contribution in [1.82, 2.24) is 5.32 Å². The summed E-state index contributed by atoms with van der Waals surface area (Å²) in [5, 5.41) is 3.31. The maximum Gasteiger partial charge on any atom is 0.258 e. The number of nitrogens with one attached hydrogen (secondary N) is 1. The molecule has 2 aromatic carbocycles. The molecule has 0 bridgehead atoms. The Morgan fingerprint density at radius 1 is 1.19 bits per heavy atom. The van der Waals surface area contributed by atoms with Crippen LogP contribution in [0.1, 0.15) is 20.3 Å². The zero-order valence-corrected chi connectivity index (χ0v) is 14.8. The molecule has 26 heavy (non-hydrogen) atoms. The number of amides is 1. The molecule has 5 nitrogen and oxygen atoms in total. The summed E-state index contributed by atoms with van der Waals surface area (Å²) in [7, 11) is 0. The number of benzene rings is 2. The highest BCUT2D eigenvalue weighted by molar-refractivity contribution is 5.83. The average Bonchev–Trinajstić information content (AvgIpc) is 2.67. The van der Waals surface area contributed by atoms with E-state index >= 15 is 0 Å². The fourth-order valence-electron chi connectivity index (χ4n) is 2.58. The van der Waals surface area contributed by atoms with Gasteiger partial charge in [-0.3, -0.25) is 9.59 Å². The highest BCUT2D eigenvalue weighted by Gasteiger charge is 2.11. The van der Waals surface area contributed by atoms with Crippen molar-refractivity contribution in [2.45, 2.75) is 26.3 Å². The van der Waals surface area contributed by atoms with Gasteiger partial charge in [-0.1, -0.05) is 37.3 Å². The predicted octanol–water partition coefficient (Wildman–Crippen LogP) is 3.75. The van der Waals surface area contributed by atoms with E-state index in [9.17, 15) is 9.59 Å². The molecule has 0 spiro atoms. The number of carbonyl (C=O) groups excluding carboxylic acids is 1. The maximum atomic E-state index is 12.7. The van der Waals surface area contributed by atoms with Crippen molar-refractivity contribution in [3.63, 3.8) is 0 Å². The summed E-state index contributed by atoms with van der Waals surface area (Å²) in [5.41, 5.74) is 1.65. The summed E-state index contributed by atoms with van der Waals surface area (Å²) in [6, 6.07) is 14.4. The van der Waals surface area contributed by atoms with E-state index in [1.54, 1.807) is 18.2 Å². The third kappa shape index (κ3) is 3.94. The average molecular weight is 351 g/mol. The smallest absolute Gasteiger partial charge is 0.258 e. The second-order valence-electron chi connectivity index (χ2n) is 6.17. The maximum absolute atomic E-state index is 12.7. The van der Waals surface area contributed by atoms with Crippen LogP contribution in [0.3, 0.4) is 0 Å². The van der Waals surface area contributed by atoms with Crippen molar-refractivity contribution < 1.29 is 13.9 Å². The Morgan fingerprint density at radius 3 is 2.69 bits per heavy atom. The van der Waals surface area contributed by atoms with Crippen LogP contribution in [-0.2, 0) is 4.79 Å². The summed E-state index contributed by atoms with van der Waals surface area (Å²) >= 11 is 0. The van der Waals surface area contributed by atoms with Crippen LogP contribution in [0.25, 0.3) is 22.1 Å². The third-order valence-electron chi connectivity index (χ3n) is 4.22. The molecule has 1 heterocycles. The topological polar surface area (TPSA) is 68.5 Å². The Balaban J connectivity index is 1.80. The minimum Gasteiger partial charge on any atom is -0.484 e. The van der Waals surface area contributed by atoms with Crippen molar-refractivity contribution in [2.24, 2.45) is 0 Å². The lowest BCUT2D eigenvalue weighted by Crippen LogP contribution is -2.35. The second-order valence-corrected chi connectivity index (χ2v) is 6.17.